The Morgan fingerprint density at radius 3 is 2.62 bits per heavy atom. The topological polar surface area (TPSA) is 125 Å². The molecule has 4 aromatic rings. The standard InChI is InChI=1S/C27H28N6O3S/c1-16(2)37(35,36)21-6-3-17(4-7-21)23-12-29-26-25(31-23)24(13-30-26)33-14-18-11-20(5-8-22(18)27(33)34)32-10-9-19(28)15-32/h3-8,11-13,16,19H,9-10,14-15,28H2,1-2H3,(H,29,30)/t19-/m0/s1. The van der Waals surface area contributed by atoms with Crippen molar-refractivity contribution in [2.45, 2.75) is 43.0 Å². The number of nitrogens with two attached hydrogens (primary N) is 1. The van der Waals surface area contributed by atoms with Gasteiger partial charge in [-0.15, -0.1) is 0 Å². The minimum atomic E-state index is -3.36. The molecule has 0 spiro atoms. The Morgan fingerprint density at radius 1 is 1.14 bits per heavy atom. The maximum absolute atomic E-state index is 13.3. The van der Waals surface area contributed by atoms with E-state index in [1.807, 2.05) is 12.1 Å². The molecule has 9 nitrogen and oxygen atoms in total. The number of sulfone groups is 1. The van der Waals surface area contributed by atoms with Crippen LogP contribution in [0.15, 0.2) is 59.8 Å². The molecule has 2 aliphatic rings. The summed E-state index contributed by atoms with van der Waals surface area (Å²) in [5, 5.41) is -0.497. The van der Waals surface area contributed by atoms with E-state index in [0.29, 0.717) is 34.7 Å². The summed E-state index contributed by atoms with van der Waals surface area (Å²) < 4.78 is 24.9. The number of fused-ring (bicyclic) bond motifs is 2. The van der Waals surface area contributed by atoms with Crippen LogP contribution in [0.2, 0.25) is 0 Å². The third kappa shape index (κ3) is 3.96. The van der Waals surface area contributed by atoms with Gasteiger partial charge in [-0.25, -0.2) is 18.4 Å². The van der Waals surface area contributed by atoms with Gasteiger partial charge in [0.2, 0.25) is 0 Å². The predicted octanol–water partition coefficient (Wildman–Crippen LogP) is 3.50. The first kappa shape index (κ1) is 23.6. The molecule has 3 N–H and O–H groups in total. The number of hydrogen-bond acceptors (Lipinski definition) is 7. The van der Waals surface area contributed by atoms with E-state index >= 15 is 0 Å². The zero-order chi connectivity index (χ0) is 25.9. The minimum absolute atomic E-state index is 0.0731. The average molecular weight is 517 g/mol. The molecule has 37 heavy (non-hydrogen) atoms. The number of nitrogens with zero attached hydrogens (tertiary/aromatic N) is 4. The molecule has 2 aromatic heterocycles. The Bertz CT molecular complexity index is 1630. The highest BCUT2D eigenvalue weighted by Crippen LogP contribution is 2.35. The number of rotatable bonds is 5. The Morgan fingerprint density at radius 2 is 1.92 bits per heavy atom. The first-order valence-electron chi connectivity index (χ1n) is 12.4. The van der Waals surface area contributed by atoms with Gasteiger partial charge in [0.15, 0.2) is 15.5 Å². The summed E-state index contributed by atoms with van der Waals surface area (Å²) in [6.07, 6.45) is 4.37. The molecule has 1 saturated heterocycles. The lowest BCUT2D eigenvalue weighted by Gasteiger charge is -2.18. The lowest BCUT2D eigenvalue weighted by molar-refractivity contribution is 0.0997. The summed E-state index contributed by atoms with van der Waals surface area (Å²) in [7, 11) is -3.36. The van der Waals surface area contributed by atoms with Crippen molar-refractivity contribution >= 4 is 38.3 Å². The van der Waals surface area contributed by atoms with Gasteiger partial charge >= 0.3 is 0 Å². The van der Waals surface area contributed by atoms with E-state index in [-0.39, 0.29) is 16.8 Å². The van der Waals surface area contributed by atoms with Crippen molar-refractivity contribution in [2.75, 3.05) is 22.9 Å². The van der Waals surface area contributed by atoms with Crippen LogP contribution < -0.4 is 15.5 Å². The van der Waals surface area contributed by atoms with Gasteiger partial charge in [-0.2, -0.15) is 0 Å². The van der Waals surface area contributed by atoms with Gasteiger partial charge < -0.3 is 20.5 Å². The van der Waals surface area contributed by atoms with Crippen molar-refractivity contribution in [3.8, 4) is 11.3 Å². The average Bonchev–Trinajstić information content (AvgIpc) is 3.60. The van der Waals surface area contributed by atoms with Crippen molar-refractivity contribution in [1.82, 2.24) is 15.0 Å². The molecule has 1 fully saturated rings. The molecule has 0 radical (unpaired) electrons. The third-order valence-corrected chi connectivity index (χ3v) is 9.40. The second-order valence-electron chi connectivity index (χ2n) is 9.97. The molecule has 1 amide bonds. The number of amides is 1. The highest BCUT2D eigenvalue weighted by molar-refractivity contribution is 7.92. The summed E-state index contributed by atoms with van der Waals surface area (Å²) in [6.45, 7) is 5.51. The highest BCUT2D eigenvalue weighted by Gasteiger charge is 2.32. The molecular formula is C27H28N6O3S. The predicted molar refractivity (Wildman–Crippen MR) is 143 cm³/mol. The van der Waals surface area contributed by atoms with E-state index in [4.69, 9.17) is 10.7 Å². The summed E-state index contributed by atoms with van der Waals surface area (Å²) in [6, 6.07) is 12.8. The van der Waals surface area contributed by atoms with Crippen LogP contribution in [0.25, 0.3) is 22.4 Å². The van der Waals surface area contributed by atoms with Gasteiger partial charge in [0.05, 0.1) is 34.3 Å². The number of nitrogens with one attached hydrogen (secondary N) is 1. The van der Waals surface area contributed by atoms with Crippen LogP contribution in [0.5, 0.6) is 0 Å². The number of carbonyl (C=O) groups is 1. The van der Waals surface area contributed by atoms with Gasteiger partial charge in [-0.3, -0.25) is 4.79 Å². The summed E-state index contributed by atoms with van der Waals surface area (Å²) in [4.78, 5) is 30.0. The van der Waals surface area contributed by atoms with E-state index < -0.39 is 15.1 Å². The van der Waals surface area contributed by atoms with E-state index in [1.54, 1.807) is 55.4 Å². The number of H-pyrrole nitrogens is 1. The van der Waals surface area contributed by atoms with Crippen molar-refractivity contribution < 1.29 is 13.2 Å². The lowest BCUT2D eigenvalue weighted by Crippen LogP contribution is -2.26. The Hall–Kier alpha value is -3.76. The Labute approximate surface area is 215 Å². The quantitative estimate of drug-likeness (QED) is 0.416. The van der Waals surface area contributed by atoms with Gasteiger partial charge in [-0.05, 0) is 56.2 Å². The normalized spacial score (nSPS) is 17.8. The molecule has 0 aliphatic carbocycles. The number of aromatic nitrogens is 3. The van der Waals surface area contributed by atoms with Crippen LogP contribution in [0.3, 0.4) is 0 Å². The number of benzene rings is 2. The molecule has 0 saturated carbocycles. The summed E-state index contributed by atoms with van der Waals surface area (Å²) in [5.74, 6) is -0.0731. The maximum atomic E-state index is 13.3. The van der Waals surface area contributed by atoms with E-state index in [1.165, 1.54) is 0 Å². The first-order valence-corrected chi connectivity index (χ1v) is 13.9. The molecule has 6 rings (SSSR count). The molecule has 2 aromatic carbocycles. The monoisotopic (exact) mass is 516 g/mol. The highest BCUT2D eigenvalue weighted by atomic mass is 32.2. The molecule has 2 aliphatic heterocycles. The van der Waals surface area contributed by atoms with Gasteiger partial charge in [0.1, 0.15) is 5.52 Å². The SMILES string of the molecule is CC(C)S(=O)(=O)c1ccc(-c2cnc3[nH]cc(N4Cc5cc(N6CC[C@H](N)C6)ccc5C4=O)c3n2)cc1. The summed E-state index contributed by atoms with van der Waals surface area (Å²) >= 11 is 0. The largest absolute Gasteiger partial charge is 0.370 e. The van der Waals surface area contributed by atoms with Gasteiger partial charge in [0.25, 0.3) is 5.91 Å². The zero-order valence-corrected chi connectivity index (χ0v) is 21.5. The molecule has 0 bridgehead atoms. The second kappa shape index (κ2) is 8.67. The molecule has 190 valence electrons. The number of anilines is 2. The van der Waals surface area contributed by atoms with Gasteiger partial charge in [-0.1, -0.05) is 12.1 Å². The number of carbonyl (C=O) groups excluding carboxylic acids is 1. The molecule has 4 heterocycles. The Balaban J connectivity index is 1.31. The molecular weight excluding hydrogens is 488 g/mol. The van der Waals surface area contributed by atoms with Crippen LogP contribution >= 0.6 is 0 Å². The van der Waals surface area contributed by atoms with Crippen LogP contribution in [0, 0.1) is 0 Å². The Kier molecular flexibility index (Phi) is 5.54. The summed E-state index contributed by atoms with van der Waals surface area (Å²) in [5.41, 5.74) is 12.0. The van der Waals surface area contributed by atoms with E-state index in [0.717, 1.165) is 36.3 Å². The molecule has 0 unspecified atom stereocenters. The van der Waals surface area contributed by atoms with Crippen LogP contribution in [0.4, 0.5) is 11.4 Å². The molecule has 10 heteroatoms. The van der Waals surface area contributed by atoms with Crippen molar-refractivity contribution in [3.63, 3.8) is 0 Å². The maximum Gasteiger partial charge on any atom is 0.259 e. The lowest BCUT2D eigenvalue weighted by atomic mass is 10.1. The van der Waals surface area contributed by atoms with Crippen LogP contribution in [0.1, 0.15) is 36.2 Å². The fourth-order valence-electron chi connectivity index (χ4n) is 5.03. The van der Waals surface area contributed by atoms with Crippen LogP contribution in [-0.4, -0.2) is 53.7 Å². The molecule has 1 atom stereocenters. The fraction of sp³-hybridized carbons (Fsp3) is 0.296. The number of aromatic amines is 1. The smallest absolute Gasteiger partial charge is 0.259 e. The van der Waals surface area contributed by atoms with Crippen molar-refractivity contribution in [1.29, 1.82) is 0 Å². The van der Waals surface area contributed by atoms with Crippen molar-refractivity contribution in [3.05, 3.63) is 66.0 Å². The minimum Gasteiger partial charge on any atom is -0.370 e. The van der Waals surface area contributed by atoms with Crippen molar-refractivity contribution in [2.24, 2.45) is 5.73 Å². The van der Waals surface area contributed by atoms with Gasteiger partial charge in [0, 0.05) is 42.1 Å². The van der Waals surface area contributed by atoms with E-state index in [9.17, 15) is 13.2 Å². The van der Waals surface area contributed by atoms with Crippen LogP contribution in [-0.2, 0) is 16.4 Å². The third-order valence-electron chi connectivity index (χ3n) is 7.23. The zero-order valence-electron chi connectivity index (χ0n) is 20.7. The first-order chi connectivity index (χ1) is 17.7. The number of hydrogen-bond donors (Lipinski definition) is 2. The second-order valence-corrected chi connectivity index (χ2v) is 12.5. The fourth-order valence-corrected chi connectivity index (χ4v) is 6.09. The van der Waals surface area contributed by atoms with E-state index in [2.05, 4.69) is 20.9 Å².